The second-order valence-corrected chi connectivity index (χ2v) is 4.36. The molecule has 0 saturated carbocycles. The zero-order chi connectivity index (χ0) is 11.6. The second kappa shape index (κ2) is 4.52. The molecule has 0 bridgehead atoms. The Labute approximate surface area is 92.2 Å². The van der Waals surface area contributed by atoms with Crippen molar-refractivity contribution in [2.24, 2.45) is 0 Å². The van der Waals surface area contributed by atoms with Crippen LogP contribution in [0.15, 0.2) is 12.2 Å². The van der Waals surface area contributed by atoms with Gasteiger partial charge in [0, 0.05) is 16.3 Å². The first-order valence-electron chi connectivity index (χ1n) is 5.49. The predicted molar refractivity (Wildman–Crippen MR) is 68.2 cm³/mol. The topological polar surface area (TPSA) is 15.8 Å². The lowest BCUT2D eigenvalue weighted by atomic mass is 10.1. The standard InChI is InChI=1S/C14H21N/c1-7-12-11(6)14(10(4)5)13(15-12)8-9(2)3/h8,15H,2,7H2,1,3-6H3/b13-8+. The Balaban J connectivity index is 3.69. The lowest BCUT2D eigenvalue weighted by Gasteiger charge is -1.92. The predicted octanol–water partition coefficient (Wildman–Crippen LogP) is 2.43. The zero-order valence-corrected chi connectivity index (χ0v) is 10.5. The SMILES string of the molecule is C=C(C)/C=c1/[nH]c(CC)c(C)c1=C(C)C. The van der Waals surface area contributed by atoms with Gasteiger partial charge in [-0.05, 0) is 45.8 Å². The van der Waals surface area contributed by atoms with Crippen molar-refractivity contribution in [1.82, 2.24) is 4.98 Å². The number of allylic oxidation sites excluding steroid dienone is 1. The van der Waals surface area contributed by atoms with Gasteiger partial charge in [0.2, 0.25) is 0 Å². The van der Waals surface area contributed by atoms with Gasteiger partial charge in [0.15, 0.2) is 0 Å². The Morgan fingerprint density at radius 1 is 1.33 bits per heavy atom. The first kappa shape index (κ1) is 11.8. The van der Waals surface area contributed by atoms with Crippen molar-refractivity contribution in [3.63, 3.8) is 0 Å². The molecule has 0 unspecified atom stereocenters. The highest BCUT2D eigenvalue weighted by molar-refractivity contribution is 5.49. The monoisotopic (exact) mass is 203 g/mol. The third-order valence-corrected chi connectivity index (χ3v) is 2.63. The summed E-state index contributed by atoms with van der Waals surface area (Å²) in [7, 11) is 0. The largest absolute Gasteiger partial charge is 0.358 e. The molecule has 1 N–H and O–H groups in total. The maximum Gasteiger partial charge on any atom is 0.0460 e. The smallest absolute Gasteiger partial charge is 0.0460 e. The minimum atomic E-state index is 1.05. The summed E-state index contributed by atoms with van der Waals surface area (Å²) in [5.41, 5.74) is 5.15. The molecule has 1 nitrogen and oxygen atoms in total. The summed E-state index contributed by atoms with van der Waals surface area (Å²) in [6.07, 6.45) is 3.17. The third kappa shape index (κ3) is 2.41. The molecular weight excluding hydrogens is 182 g/mol. The first-order valence-corrected chi connectivity index (χ1v) is 5.49. The Kier molecular flexibility index (Phi) is 3.57. The van der Waals surface area contributed by atoms with Gasteiger partial charge in [-0.2, -0.15) is 0 Å². The quantitative estimate of drug-likeness (QED) is 0.760. The van der Waals surface area contributed by atoms with Crippen LogP contribution in [0.2, 0.25) is 0 Å². The molecule has 1 heteroatoms. The van der Waals surface area contributed by atoms with E-state index in [0.717, 1.165) is 12.0 Å². The van der Waals surface area contributed by atoms with E-state index in [9.17, 15) is 0 Å². The van der Waals surface area contributed by atoms with Crippen molar-refractivity contribution in [2.45, 2.75) is 41.0 Å². The molecule has 0 spiro atoms. The van der Waals surface area contributed by atoms with E-state index in [2.05, 4.69) is 45.3 Å². The minimum Gasteiger partial charge on any atom is -0.358 e. The third-order valence-electron chi connectivity index (χ3n) is 2.63. The molecule has 1 aromatic heterocycles. The van der Waals surface area contributed by atoms with E-state index in [1.807, 2.05) is 6.92 Å². The van der Waals surface area contributed by atoms with Crippen molar-refractivity contribution in [3.8, 4) is 0 Å². The average molecular weight is 203 g/mol. The number of nitrogens with one attached hydrogen (secondary N) is 1. The first-order chi connectivity index (χ1) is 6.97. The van der Waals surface area contributed by atoms with E-state index in [1.54, 1.807) is 0 Å². The average Bonchev–Trinajstić information content (AvgIpc) is 2.41. The van der Waals surface area contributed by atoms with Gasteiger partial charge in [0.1, 0.15) is 0 Å². The van der Waals surface area contributed by atoms with Crippen molar-refractivity contribution >= 4 is 11.6 Å². The highest BCUT2D eigenvalue weighted by Crippen LogP contribution is 2.00. The lowest BCUT2D eigenvalue weighted by molar-refractivity contribution is 1.03. The molecule has 0 atom stereocenters. The number of rotatable bonds is 2. The molecule has 0 aliphatic carbocycles. The lowest BCUT2D eigenvalue weighted by Crippen LogP contribution is -2.25. The van der Waals surface area contributed by atoms with Crippen LogP contribution in [0.1, 0.15) is 39.0 Å². The fourth-order valence-corrected chi connectivity index (χ4v) is 2.02. The molecule has 15 heavy (non-hydrogen) atoms. The van der Waals surface area contributed by atoms with E-state index in [4.69, 9.17) is 0 Å². The Morgan fingerprint density at radius 3 is 2.33 bits per heavy atom. The van der Waals surface area contributed by atoms with Crippen molar-refractivity contribution in [3.05, 3.63) is 34.0 Å². The molecule has 0 aliphatic heterocycles. The molecule has 0 fully saturated rings. The van der Waals surface area contributed by atoms with Crippen LogP contribution in [0.5, 0.6) is 0 Å². The Bertz CT molecular complexity index is 482. The van der Waals surface area contributed by atoms with Crippen molar-refractivity contribution in [1.29, 1.82) is 0 Å². The van der Waals surface area contributed by atoms with Crippen LogP contribution in [0, 0.1) is 6.92 Å². The molecule has 0 aliphatic rings. The zero-order valence-electron chi connectivity index (χ0n) is 10.5. The molecule has 1 rings (SSSR count). The van der Waals surface area contributed by atoms with Crippen LogP contribution in [0.25, 0.3) is 11.6 Å². The normalized spacial score (nSPS) is 11.9. The summed E-state index contributed by atoms with van der Waals surface area (Å²) in [5, 5.41) is 2.56. The maximum atomic E-state index is 3.93. The number of aromatic nitrogens is 1. The molecule has 0 radical (unpaired) electrons. The van der Waals surface area contributed by atoms with Crippen LogP contribution in [0.4, 0.5) is 0 Å². The summed E-state index contributed by atoms with van der Waals surface area (Å²) in [5.74, 6) is 0. The number of hydrogen-bond donors (Lipinski definition) is 1. The summed E-state index contributed by atoms with van der Waals surface area (Å²) in [6, 6.07) is 0. The van der Waals surface area contributed by atoms with Gasteiger partial charge in [-0.1, -0.05) is 24.6 Å². The van der Waals surface area contributed by atoms with Gasteiger partial charge < -0.3 is 4.98 Å². The molecule has 0 amide bonds. The Morgan fingerprint density at radius 2 is 1.93 bits per heavy atom. The molecule has 0 saturated heterocycles. The minimum absolute atomic E-state index is 1.05. The molecule has 82 valence electrons. The van der Waals surface area contributed by atoms with Crippen LogP contribution >= 0.6 is 0 Å². The van der Waals surface area contributed by atoms with Crippen molar-refractivity contribution < 1.29 is 0 Å². The molecule has 0 aromatic carbocycles. The molecule has 1 heterocycles. The highest BCUT2D eigenvalue weighted by atomic mass is 14.7. The number of aromatic amines is 1. The van der Waals surface area contributed by atoms with Crippen LogP contribution in [0.3, 0.4) is 0 Å². The van der Waals surface area contributed by atoms with Crippen molar-refractivity contribution in [2.75, 3.05) is 0 Å². The van der Waals surface area contributed by atoms with Gasteiger partial charge in [-0.25, -0.2) is 0 Å². The number of aryl methyl sites for hydroxylation is 1. The van der Waals surface area contributed by atoms with E-state index >= 15 is 0 Å². The maximum absolute atomic E-state index is 3.93. The van der Waals surface area contributed by atoms with Gasteiger partial charge in [0.05, 0.1) is 0 Å². The highest BCUT2D eigenvalue weighted by Gasteiger charge is 2.02. The summed E-state index contributed by atoms with van der Waals surface area (Å²) in [4.78, 5) is 3.48. The van der Waals surface area contributed by atoms with E-state index < -0.39 is 0 Å². The van der Waals surface area contributed by atoms with Crippen LogP contribution in [-0.4, -0.2) is 4.98 Å². The van der Waals surface area contributed by atoms with Crippen LogP contribution < -0.4 is 10.6 Å². The summed E-state index contributed by atoms with van der Waals surface area (Å²) >= 11 is 0. The number of H-pyrrole nitrogens is 1. The second-order valence-electron chi connectivity index (χ2n) is 4.36. The van der Waals surface area contributed by atoms with Crippen LogP contribution in [-0.2, 0) is 6.42 Å². The number of hydrogen-bond acceptors (Lipinski definition) is 0. The van der Waals surface area contributed by atoms with Gasteiger partial charge in [0.25, 0.3) is 0 Å². The fraction of sp³-hybridized carbons (Fsp3) is 0.429. The van der Waals surface area contributed by atoms with Gasteiger partial charge >= 0.3 is 0 Å². The Hall–Kier alpha value is -1.24. The van der Waals surface area contributed by atoms with Gasteiger partial charge in [-0.15, -0.1) is 0 Å². The van der Waals surface area contributed by atoms with Gasteiger partial charge in [-0.3, -0.25) is 0 Å². The summed E-state index contributed by atoms with van der Waals surface area (Å²) < 4.78 is 0. The van der Waals surface area contributed by atoms with E-state index in [1.165, 1.54) is 27.4 Å². The fourth-order valence-electron chi connectivity index (χ4n) is 2.02. The molecular formula is C14H21N. The van der Waals surface area contributed by atoms with E-state index in [0.29, 0.717) is 0 Å². The van der Waals surface area contributed by atoms with E-state index in [-0.39, 0.29) is 0 Å². The molecule has 1 aromatic rings. The summed E-state index contributed by atoms with van der Waals surface area (Å²) in [6.45, 7) is 14.6.